The Morgan fingerprint density at radius 1 is 1.54 bits per heavy atom. The molecule has 1 aliphatic heterocycles. The van der Waals surface area contributed by atoms with Gasteiger partial charge in [0, 0.05) is 5.75 Å². The van der Waals surface area contributed by atoms with Gasteiger partial charge in [-0.05, 0) is 38.0 Å². The molecule has 1 fully saturated rings. The first-order valence-electron chi connectivity index (χ1n) is 5.15. The number of hydrogen-bond acceptors (Lipinski definition) is 3. The van der Waals surface area contributed by atoms with Gasteiger partial charge in [-0.15, -0.1) is 0 Å². The SMILES string of the molecule is CC(CN)CSCC1CCC(C)O1. The van der Waals surface area contributed by atoms with Crippen LogP contribution in [0.4, 0.5) is 0 Å². The van der Waals surface area contributed by atoms with E-state index in [1.807, 2.05) is 11.8 Å². The van der Waals surface area contributed by atoms with Crippen LogP contribution >= 0.6 is 11.8 Å². The third-order valence-electron chi connectivity index (χ3n) is 2.43. The predicted octanol–water partition coefficient (Wildman–Crippen LogP) is 1.88. The normalized spacial score (nSPS) is 30.7. The van der Waals surface area contributed by atoms with Crippen LogP contribution in [0.5, 0.6) is 0 Å². The highest BCUT2D eigenvalue weighted by atomic mass is 32.2. The molecule has 0 aromatic heterocycles. The lowest BCUT2D eigenvalue weighted by atomic mass is 10.2. The molecule has 3 atom stereocenters. The first kappa shape index (κ1) is 11.3. The average molecular weight is 203 g/mol. The lowest BCUT2D eigenvalue weighted by Crippen LogP contribution is -2.16. The van der Waals surface area contributed by atoms with E-state index in [0.29, 0.717) is 18.1 Å². The van der Waals surface area contributed by atoms with Crippen LogP contribution in [0.3, 0.4) is 0 Å². The maximum absolute atomic E-state index is 5.72. The molecular formula is C10H21NOS. The molecule has 0 amide bonds. The zero-order valence-corrected chi connectivity index (χ0v) is 9.48. The Kier molecular flexibility index (Phi) is 5.14. The molecular weight excluding hydrogens is 182 g/mol. The van der Waals surface area contributed by atoms with Gasteiger partial charge < -0.3 is 10.5 Å². The molecule has 78 valence electrons. The van der Waals surface area contributed by atoms with Gasteiger partial charge in [0.05, 0.1) is 12.2 Å². The minimum Gasteiger partial charge on any atom is -0.374 e. The van der Waals surface area contributed by atoms with E-state index in [2.05, 4.69) is 13.8 Å². The quantitative estimate of drug-likeness (QED) is 0.741. The third kappa shape index (κ3) is 4.34. The van der Waals surface area contributed by atoms with E-state index in [-0.39, 0.29) is 0 Å². The lowest BCUT2D eigenvalue weighted by molar-refractivity contribution is 0.0700. The van der Waals surface area contributed by atoms with Crippen molar-refractivity contribution in [2.24, 2.45) is 11.7 Å². The van der Waals surface area contributed by atoms with Gasteiger partial charge in [0.15, 0.2) is 0 Å². The van der Waals surface area contributed by atoms with Crippen molar-refractivity contribution in [2.45, 2.75) is 38.9 Å². The summed E-state index contributed by atoms with van der Waals surface area (Å²) in [5.74, 6) is 2.96. The molecule has 0 radical (unpaired) electrons. The average Bonchev–Trinajstić information content (AvgIpc) is 2.51. The maximum atomic E-state index is 5.72. The van der Waals surface area contributed by atoms with Gasteiger partial charge in [-0.2, -0.15) is 11.8 Å². The predicted molar refractivity (Wildman–Crippen MR) is 59.1 cm³/mol. The van der Waals surface area contributed by atoms with E-state index in [9.17, 15) is 0 Å². The molecule has 0 aromatic carbocycles. The Morgan fingerprint density at radius 3 is 2.85 bits per heavy atom. The van der Waals surface area contributed by atoms with Gasteiger partial charge >= 0.3 is 0 Å². The van der Waals surface area contributed by atoms with Crippen molar-refractivity contribution >= 4 is 11.8 Å². The van der Waals surface area contributed by atoms with Crippen molar-refractivity contribution in [3.05, 3.63) is 0 Å². The Morgan fingerprint density at radius 2 is 2.31 bits per heavy atom. The molecule has 1 saturated heterocycles. The van der Waals surface area contributed by atoms with Crippen LogP contribution in [0.1, 0.15) is 26.7 Å². The van der Waals surface area contributed by atoms with Crippen LogP contribution < -0.4 is 5.73 Å². The van der Waals surface area contributed by atoms with Crippen molar-refractivity contribution in [1.29, 1.82) is 0 Å². The van der Waals surface area contributed by atoms with Crippen molar-refractivity contribution in [3.63, 3.8) is 0 Å². The minimum absolute atomic E-state index is 0.484. The van der Waals surface area contributed by atoms with Gasteiger partial charge in [0.2, 0.25) is 0 Å². The molecule has 0 aromatic rings. The van der Waals surface area contributed by atoms with Crippen LogP contribution in [0.25, 0.3) is 0 Å². The second-order valence-corrected chi connectivity index (χ2v) is 5.10. The summed E-state index contributed by atoms with van der Waals surface area (Å²) in [6.45, 7) is 5.16. The second kappa shape index (κ2) is 5.89. The molecule has 1 rings (SSSR count). The highest BCUT2D eigenvalue weighted by Crippen LogP contribution is 2.22. The fourth-order valence-corrected chi connectivity index (χ4v) is 2.66. The summed E-state index contributed by atoms with van der Waals surface area (Å²) in [4.78, 5) is 0. The monoisotopic (exact) mass is 203 g/mol. The topological polar surface area (TPSA) is 35.2 Å². The molecule has 0 bridgehead atoms. The zero-order chi connectivity index (χ0) is 9.68. The lowest BCUT2D eigenvalue weighted by Gasteiger charge is -2.12. The molecule has 0 spiro atoms. The first-order valence-corrected chi connectivity index (χ1v) is 6.31. The van der Waals surface area contributed by atoms with E-state index in [4.69, 9.17) is 10.5 Å². The summed E-state index contributed by atoms with van der Waals surface area (Å²) < 4.78 is 5.72. The highest BCUT2D eigenvalue weighted by Gasteiger charge is 2.21. The van der Waals surface area contributed by atoms with Gasteiger partial charge in [0.1, 0.15) is 0 Å². The molecule has 2 nitrogen and oxygen atoms in total. The van der Waals surface area contributed by atoms with Crippen molar-refractivity contribution < 1.29 is 4.74 Å². The molecule has 2 N–H and O–H groups in total. The molecule has 3 unspecified atom stereocenters. The maximum Gasteiger partial charge on any atom is 0.0670 e. The summed E-state index contributed by atoms with van der Waals surface area (Å²) in [5, 5.41) is 0. The second-order valence-electron chi connectivity index (χ2n) is 4.02. The van der Waals surface area contributed by atoms with E-state index < -0.39 is 0 Å². The molecule has 3 heteroatoms. The molecule has 0 saturated carbocycles. The number of ether oxygens (including phenoxy) is 1. The first-order chi connectivity index (χ1) is 6.22. The van der Waals surface area contributed by atoms with Crippen LogP contribution in [-0.4, -0.2) is 30.3 Å². The fraction of sp³-hybridized carbons (Fsp3) is 1.00. The summed E-state index contributed by atoms with van der Waals surface area (Å²) in [6.07, 6.45) is 3.46. The standard InChI is InChI=1S/C10H21NOS/c1-8(5-11)6-13-7-10-4-3-9(2)12-10/h8-10H,3-7,11H2,1-2H3. The molecule has 1 aliphatic rings. The van der Waals surface area contributed by atoms with Gasteiger partial charge in [-0.25, -0.2) is 0 Å². The zero-order valence-electron chi connectivity index (χ0n) is 8.66. The fourth-order valence-electron chi connectivity index (χ4n) is 1.48. The smallest absolute Gasteiger partial charge is 0.0670 e. The van der Waals surface area contributed by atoms with Gasteiger partial charge in [0.25, 0.3) is 0 Å². The Labute approximate surface area is 85.6 Å². The largest absolute Gasteiger partial charge is 0.374 e. The van der Waals surface area contributed by atoms with Crippen LogP contribution in [-0.2, 0) is 4.74 Å². The third-order valence-corrected chi connectivity index (χ3v) is 3.84. The number of nitrogens with two attached hydrogens (primary N) is 1. The van der Waals surface area contributed by atoms with Crippen LogP contribution in [0.15, 0.2) is 0 Å². The number of rotatable bonds is 5. The van der Waals surface area contributed by atoms with E-state index in [1.165, 1.54) is 18.6 Å². The summed E-state index contributed by atoms with van der Waals surface area (Å²) in [5.41, 5.74) is 5.54. The van der Waals surface area contributed by atoms with E-state index in [1.54, 1.807) is 0 Å². The van der Waals surface area contributed by atoms with Crippen molar-refractivity contribution in [3.8, 4) is 0 Å². The van der Waals surface area contributed by atoms with Gasteiger partial charge in [-0.3, -0.25) is 0 Å². The van der Waals surface area contributed by atoms with E-state index >= 15 is 0 Å². The van der Waals surface area contributed by atoms with E-state index in [0.717, 1.165) is 12.3 Å². The summed E-state index contributed by atoms with van der Waals surface area (Å²) in [7, 11) is 0. The number of thioether (sulfide) groups is 1. The Bertz CT molecular complexity index is 143. The minimum atomic E-state index is 0.484. The van der Waals surface area contributed by atoms with Crippen molar-refractivity contribution in [2.75, 3.05) is 18.1 Å². The van der Waals surface area contributed by atoms with Crippen LogP contribution in [0.2, 0.25) is 0 Å². The molecule has 1 heterocycles. The van der Waals surface area contributed by atoms with Crippen molar-refractivity contribution in [1.82, 2.24) is 0 Å². The highest BCUT2D eigenvalue weighted by molar-refractivity contribution is 7.99. The molecule has 0 aliphatic carbocycles. The van der Waals surface area contributed by atoms with Crippen LogP contribution in [0, 0.1) is 5.92 Å². The molecule has 13 heavy (non-hydrogen) atoms. The Balaban J connectivity index is 2.00. The number of hydrogen-bond donors (Lipinski definition) is 1. The summed E-state index contributed by atoms with van der Waals surface area (Å²) >= 11 is 1.98. The summed E-state index contributed by atoms with van der Waals surface area (Å²) in [6, 6.07) is 0. The Hall–Kier alpha value is 0.270. The van der Waals surface area contributed by atoms with Gasteiger partial charge in [-0.1, -0.05) is 6.92 Å².